The molecule has 0 fully saturated rings. The summed E-state index contributed by atoms with van der Waals surface area (Å²) in [4.78, 5) is 15.4. The van der Waals surface area contributed by atoms with E-state index in [2.05, 4.69) is 45.5 Å². The normalized spacial score (nSPS) is 12.4. The van der Waals surface area contributed by atoms with Crippen molar-refractivity contribution in [2.75, 3.05) is 31.1 Å². The third-order valence-corrected chi connectivity index (χ3v) is 4.98. The van der Waals surface area contributed by atoms with E-state index in [0.29, 0.717) is 6.54 Å². The molecule has 0 N–H and O–H groups in total. The van der Waals surface area contributed by atoms with Crippen LogP contribution in [0.3, 0.4) is 0 Å². The van der Waals surface area contributed by atoms with Crippen molar-refractivity contribution < 1.29 is 0 Å². The lowest BCUT2D eigenvalue weighted by Crippen LogP contribution is -2.24. The standard InChI is InChI=1S/C18H20N4S/c1-3-21(4-2)11-5-6-12-22-15-7-9-20-14-18(15)23-17-8-10-19-13-16(17)22/h7-10,13-14H,3-4,11-12H2,1-2H3. The predicted molar refractivity (Wildman–Crippen MR) is 95.2 cm³/mol. The van der Waals surface area contributed by atoms with Gasteiger partial charge in [-0.15, -0.1) is 0 Å². The Morgan fingerprint density at radius 3 is 2.61 bits per heavy atom. The highest BCUT2D eigenvalue weighted by molar-refractivity contribution is 7.99. The van der Waals surface area contributed by atoms with E-state index in [1.807, 2.05) is 36.9 Å². The zero-order chi connectivity index (χ0) is 16.1. The molecule has 5 heteroatoms. The first-order valence-corrected chi connectivity index (χ1v) is 8.66. The van der Waals surface area contributed by atoms with Crippen LogP contribution in [-0.4, -0.2) is 41.0 Å². The maximum atomic E-state index is 4.28. The average molecular weight is 324 g/mol. The van der Waals surface area contributed by atoms with Crippen molar-refractivity contribution in [2.45, 2.75) is 23.6 Å². The molecule has 23 heavy (non-hydrogen) atoms. The monoisotopic (exact) mass is 324 g/mol. The summed E-state index contributed by atoms with van der Waals surface area (Å²) < 4.78 is 0. The van der Waals surface area contributed by atoms with Gasteiger partial charge in [0, 0.05) is 23.5 Å². The maximum absolute atomic E-state index is 4.28. The molecule has 0 amide bonds. The van der Waals surface area contributed by atoms with Crippen molar-refractivity contribution in [3.8, 4) is 11.8 Å². The number of anilines is 2. The molecule has 0 bridgehead atoms. The number of hydrogen-bond acceptors (Lipinski definition) is 5. The van der Waals surface area contributed by atoms with Gasteiger partial charge in [0.15, 0.2) is 0 Å². The minimum Gasteiger partial charge on any atom is -0.326 e. The van der Waals surface area contributed by atoms with E-state index >= 15 is 0 Å². The molecule has 3 rings (SSSR count). The topological polar surface area (TPSA) is 32.3 Å². The first kappa shape index (κ1) is 15.9. The maximum Gasteiger partial charge on any atom is 0.0845 e. The van der Waals surface area contributed by atoms with Crippen LogP contribution in [0.4, 0.5) is 11.4 Å². The van der Waals surface area contributed by atoms with Crippen LogP contribution in [0, 0.1) is 11.8 Å². The minimum atomic E-state index is 0.664. The first-order chi connectivity index (χ1) is 11.3. The molecule has 0 atom stereocenters. The van der Waals surface area contributed by atoms with Gasteiger partial charge in [0.25, 0.3) is 0 Å². The molecular formula is C18H20N4S. The third kappa shape index (κ3) is 3.49. The van der Waals surface area contributed by atoms with Crippen LogP contribution in [0.2, 0.25) is 0 Å². The second-order valence-electron chi connectivity index (χ2n) is 5.19. The van der Waals surface area contributed by atoms with Gasteiger partial charge >= 0.3 is 0 Å². The lowest BCUT2D eigenvalue weighted by atomic mass is 10.2. The molecule has 1 aliphatic heterocycles. The Morgan fingerprint density at radius 1 is 1.00 bits per heavy atom. The highest BCUT2D eigenvalue weighted by Crippen LogP contribution is 2.46. The van der Waals surface area contributed by atoms with Crippen LogP contribution in [0.25, 0.3) is 0 Å². The quantitative estimate of drug-likeness (QED) is 0.805. The second kappa shape index (κ2) is 7.49. The van der Waals surface area contributed by atoms with Gasteiger partial charge in [-0.3, -0.25) is 14.9 Å². The van der Waals surface area contributed by atoms with Gasteiger partial charge in [0.05, 0.1) is 35.6 Å². The Balaban J connectivity index is 1.83. The minimum absolute atomic E-state index is 0.664. The first-order valence-electron chi connectivity index (χ1n) is 7.85. The molecule has 0 radical (unpaired) electrons. The van der Waals surface area contributed by atoms with Gasteiger partial charge in [-0.1, -0.05) is 37.5 Å². The molecule has 0 spiro atoms. The molecule has 2 aromatic heterocycles. The van der Waals surface area contributed by atoms with Crippen LogP contribution in [0.15, 0.2) is 46.7 Å². The Kier molecular flexibility index (Phi) is 5.16. The van der Waals surface area contributed by atoms with Gasteiger partial charge in [-0.25, -0.2) is 0 Å². The molecule has 3 heterocycles. The van der Waals surface area contributed by atoms with E-state index in [9.17, 15) is 0 Å². The van der Waals surface area contributed by atoms with Crippen molar-refractivity contribution in [1.82, 2.24) is 14.9 Å². The Hall–Kier alpha value is -2.03. The Morgan fingerprint density at radius 2 is 1.78 bits per heavy atom. The molecule has 0 saturated carbocycles. The fraction of sp³-hybridized carbons (Fsp3) is 0.333. The van der Waals surface area contributed by atoms with Crippen LogP contribution >= 0.6 is 11.8 Å². The number of rotatable bonds is 4. The van der Waals surface area contributed by atoms with Gasteiger partial charge in [0.2, 0.25) is 0 Å². The molecule has 1 aliphatic rings. The highest BCUT2D eigenvalue weighted by Gasteiger charge is 2.22. The molecule has 118 valence electrons. The smallest absolute Gasteiger partial charge is 0.0845 e. The summed E-state index contributed by atoms with van der Waals surface area (Å²) in [5, 5.41) is 0. The van der Waals surface area contributed by atoms with E-state index in [1.54, 1.807) is 11.8 Å². The molecule has 4 nitrogen and oxygen atoms in total. The SMILES string of the molecule is CCN(CC)CC#CCN1c2ccncc2Sc2ccncc21. The van der Waals surface area contributed by atoms with Crippen LogP contribution < -0.4 is 4.90 Å². The molecule has 0 aromatic carbocycles. The van der Waals surface area contributed by atoms with Crippen molar-refractivity contribution >= 4 is 23.1 Å². The van der Waals surface area contributed by atoms with E-state index in [4.69, 9.17) is 0 Å². The summed E-state index contributed by atoms with van der Waals surface area (Å²) >= 11 is 1.74. The van der Waals surface area contributed by atoms with E-state index in [-0.39, 0.29) is 0 Å². The van der Waals surface area contributed by atoms with Crippen molar-refractivity contribution in [1.29, 1.82) is 0 Å². The second-order valence-corrected chi connectivity index (χ2v) is 6.27. The zero-order valence-corrected chi connectivity index (χ0v) is 14.3. The molecule has 0 aliphatic carbocycles. The van der Waals surface area contributed by atoms with Gasteiger partial charge in [0.1, 0.15) is 0 Å². The Bertz CT molecular complexity index is 686. The van der Waals surface area contributed by atoms with Crippen molar-refractivity contribution in [2.24, 2.45) is 0 Å². The summed E-state index contributed by atoms with van der Waals surface area (Å²) in [6.45, 7) is 7.88. The fourth-order valence-electron chi connectivity index (χ4n) is 2.51. The zero-order valence-electron chi connectivity index (χ0n) is 13.5. The summed E-state index contributed by atoms with van der Waals surface area (Å²) in [6, 6.07) is 4.09. The third-order valence-electron chi connectivity index (χ3n) is 3.88. The van der Waals surface area contributed by atoms with E-state index in [1.165, 1.54) is 4.90 Å². The summed E-state index contributed by atoms with van der Waals surface area (Å²) in [5.41, 5.74) is 2.27. The summed E-state index contributed by atoms with van der Waals surface area (Å²) in [6.07, 6.45) is 7.49. The number of nitrogens with zero attached hydrogens (tertiary/aromatic N) is 4. The van der Waals surface area contributed by atoms with Crippen molar-refractivity contribution in [3.05, 3.63) is 36.9 Å². The molecular weight excluding hydrogens is 304 g/mol. The predicted octanol–water partition coefficient (Wildman–Crippen LogP) is 3.42. The van der Waals surface area contributed by atoms with Crippen LogP contribution in [-0.2, 0) is 0 Å². The van der Waals surface area contributed by atoms with Gasteiger partial charge < -0.3 is 4.90 Å². The van der Waals surface area contributed by atoms with Gasteiger partial charge in [-0.2, -0.15) is 0 Å². The summed E-state index contributed by atoms with van der Waals surface area (Å²) in [7, 11) is 0. The Labute approximate surface area is 141 Å². The number of pyridine rings is 2. The van der Waals surface area contributed by atoms with Crippen LogP contribution in [0.5, 0.6) is 0 Å². The molecule has 2 aromatic rings. The summed E-state index contributed by atoms with van der Waals surface area (Å²) in [5.74, 6) is 6.60. The van der Waals surface area contributed by atoms with Crippen molar-refractivity contribution in [3.63, 3.8) is 0 Å². The molecule has 0 unspecified atom stereocenters. The lowest BCUT2D eigenvalue weighted by molar-refractivity contribution is 0.342. The highest BCUT2D eigenvalue weighted by atomic mass is 32.2. The number of fused-ring (bicyclic) bond motifs is 2. The van der Waals surface area contributed by atoms with E-state index in [0.717, 1.165) is 35.9 Å². The van der Waals surface area contributed by atoms with Gasteiger partial charge in [-0.05, 0) is 25.2 Å². The molecule has 0 saturated heterocycles. The van der Waals surface area contributed by atoms with E-state index < -0.39 is 0 Å². The van der Waals surface area contributed by atoms with Crippen LogP contribution in [0.1, 0.15) is 13.8 Å². The fourth-order valence-corrected chi connectivity index (χ4v) is 3.53. The number of aromatic nitrogens is 2. The lowest BCUT2D eigenvalue weighted by Gasteiger charge is -2.30. The number of hydrogen-bond donors (Lipinski definition) is 0. The average Bonchev–Trinajstić information content (AvgIpc) is 2.61. The largest absolute Gasteiger partial charge is 0.326 e.